The Morgan fingerprint density at radius 2 is 2.14 bits per heavy atom. The van der Waals surface area contributed by atoms with Gasteiger partial charge in [-0.1, -0.05) is 50.0 Å². The molecule has 0 saturated carbocycles. The van der Waals surface area contributed by atoms with E-state index in [1.54, 1.807) is 0 Å². The zero-order valence-electron chi connectivity index (χ0n) is 8.70. The maximum absolute atomic E-state index is 8.80. The summed E-state index contributed by atoms with van der Waals surface area (Å²) in [5.41, 5.74) is 0. The molecule has 2 unspecified atom stereocenters. The molecule has 1 nitrogen and oxygen atoms in total. The molecule has 0 saturated heterocycles. The van der Waals surface area contributed by atoms with Gasteiger partial charge in [0.1, 0.15) is 5.92 Å². The highest BCUT2D eigenvalue weighted by molar-refractivity contribution is 5.24. The predicted octanol–water partition coefficient (Wildman–Crippen LogP) is 2.92. The summed E-state index contributed by atoms with van der Waals surface area (Å²) >= 11 is 0. The van der Waals surface area contributed by atoms with Gasteiger partial charge in [0.25, 0.3) is 0 Å². The topological polar surface area (TPSA) is 23.8 Å². The summed E-state index contributed by atoms with van der Waals surface area (Å²) < 4.78 is 0. The van der Waals surface area contributed by atoms with Crippen LogP contribution in [-0.4, -0.2) is 0 Å². The van der Waals surface area contributed by atoms with Crippen LogP contribution >= 0.6 is 0 Å². The van der Waals surface area contributed by atoms with Crippen LogP contribution in [0.4, 0.5) is 0 Å². The summed E-state index contributed by atoms with van der Waals surface area (Å²) in [5, 5.41) is 8.80. The largest absolute Gasteiger partial charge is 0.197 e. The quantitative estimate of drug-likeness (QED) is 0.576. The van der Waals surface area contributed by atoms with Crippen molar-refractivity contribution in [2.24, 2.45) is 17.8 Å². The molecule has 1 rings (SSSR count). The van der Waals surface area contributed by atoms with Gasteiger partial charge in [-0.3, -0.25) is 0 Å². The molecule has 1 aliphatic rings. The van der Waals surface area contributed by atoms with E-state index in [-0.39, 0.29) is 5.92 Å². The zero-order chi connectivity index (χ0) is 10.4. The van der Waals surface area contributed by atoms with Gasteiger partial charge in [0, 0.05) is 5.92 Å². The zero-order valence-corrected chi connectivity index (χ0v) is 8.70. The van der Waals surface area contributed by atoms with Crippen LogP contribution < -0.4 is 0 Å². The lowest BCUT2D eigenvalue weighted by Gasteiger charge is -2.11. The van der Waals surface area contributed by atoms with Gasteiger partial charge in [-0.15, -0.1) is 0 Å². The first-order valence-electron chi connectivity index (χ1n) is 4.98. The number of hydrogen-bond acceptors (Lipinski definition) is 1. The van der Waals surface area contributed by atoms with Crippen molar-refractivity contribution in [3.63, 3.8) is 0 Å². The minimum atomic E-state index is -0.251. The van der Waals surface area contributed by atoms with Crippen LogP contribution in [0.25, 0.3) is 0 Å². The maximum Gasteiger partial charge on any atom is 0.125 e. The summed E-state index contributed by atoms with van der Waals surface area (Å²) in [7, 11) is 0. The van der Waals surface area contributed by atoms with E-state index >= 15 is 0 Å². The molecule has 14 heavy (non-hydrogen) atoms. The van der Waals surface area contributed by atoms with E-state index in [0.29, 0.717) is 11.8 Å². The van der Waals surface area contributed by atoms with Crippen molar-refractivity contribution in [1.82, 2.24) is 0 Å². The van der Waals surface area contributed by atoms with Crippen LogP contribution in [0.15, 0.2) is 24.3 Å². The summed E-state index contributed by atoms with van der Waals surface area (Å²) in [6, 6.07) is 2.16. The molecule has 0 aliphatic heterocycles. The molecule has 0 fully saturated rings. The number of allylic oxidation sites excluding steroid dienone is 4. The van der Waals surface area contributed by atoms with Crippen molar-refractivity contribution >= 4 is 0 Å². The van der Waals surface area contributed by atoms with Crippen LogP contribution in [0.5, 0.6) is 0 Å². The Morgan fingerprint density at radius 1 is 1.36 bits per heavy atom. The molecular weight excluding hydrogens is 170 g/mol. The SMILES string of the molecule is CC(C)C1C#CC(C#N)/C=C\C=C/C1. The number of nitriles is 1. The monoisotopic (exact) mass is 185 g/mol. The summed E-state index contributed by atoms with van der Waals surface area (Å²) in [4.78, 5) is 0. The summed E-state index contributed by atoms with van der Waals surface area (Å²) in [5.74, 6) is 6.86. The Morgan fingerprint density at radius 3 is 2.79 bits per heavy atom. The minimum Gasteiger partial charge on any atom is -0.197 e. The molecule has 0 aromatic carbocycles. The Bertz CT molecular complexity index is 330. The number of hydrogen-bond donors (Lipinski definition) is 0. The van der Waals surface area contributed by atoms with Gasteiger partial charge in [0.05, 0.1) is 6.07 Å². The van der Waals surface area contributed by atoms with E-state index in [2.05, 4.69) is 37.8 Å². The molecule has 0 aromatic heterocycles. The lowest BCUT2D eigenvalue weighted by molar-refractivity contribution is 0.485. The van der Waals surface area contributed by atoms with Crippen LogP contribution in [0.3, 0.4) is 0 Å². The van der Waals surface area contributed by atoms with Crippen molar-refractivity contribution in [1.29, 1.82) is 5.26 Å². The van der Waals surface area contributed by atoms with E-state index in [0.717, 1.165) is 6.42 Å². The van der Waals surface area contributed by atoms with Crippen LogP contribution in [0.1, 0.15) is 20.3 Å². The predicted molar refractivity (Wildman–Crippen MR) is 58.1 cm³/mol. The third kappa shape index (κ3) is 3.11. The fourth-order valence-corrected chi connectivity index (χ4v) is 1.30. The first-order chi connectivity index (χ1) is 6.74. The highest BCUT2D eigenvalue weighted by Crippen LogP contribution is 2.16. The van der Waals surface area contributed by atoms with Gasteiger partial charge >= 0.3 is 0 Å². The molecule has 0 heterocycles. The van der Waals surface area contributed by atoms with Crippen molar-refractivity contribution in [3.05, 3.63) is 24.3 Å². The maximum atomic E-state index is 8.80. The molecule has 0 bridgehead atoms. The molecule has 2 atom stereocenters. The molecule has 0 spiro atoms. The third-order valence-electron chi connectivity index (χ3n) is 2.31. The van der Waals surface area contributed by atoms with Gasteiger partial charge in [0.15, 0.2) is 0 Å². The lowest BCUT2D eigenvalue weighted by atomic mass is 9.92. The smallest absolute Gasteiger partial charge is 0.125 e. The molecule has 0 radical (unpaired) electrons. The van der Waals surface area contributed by atoms with Crippen molar-refractivity contribution < 1.29 is 0 Å². The standard InChI is InChI=1S/C13H15N/c1-11(2)13-7-5-3-4-6-12(10-14)8-9-13/h3-6,11-13H,7H2,1-2H3/b5-3-,6-4-. The van der Waals surface area contributed by atoms with E-state index in [1.165, 1.54) is 0 Å². The Balaban J connectivity index is 2.84. The molecule has 72 valence electrons. The first-order valence-corrected chi connectivity index (χ1v) is 4.98. The van der Waals surface area contributed by atoms with Crippen LogP contribution in [-0.2, 0) is 0 Å². The second-order valence-electron chi connectivity index (χ2n) is 3.79. The van der Waals surface area contributed by atoms with Gasteiger partial charge in [0.2, 0.25) is 0 Å². The summed E-state index contributed by atoms with van der Waals surface area (Å²) in [6.07, 6.45) is 8.84. The Labute approximate surface area is 86.1 Å². The average Bonchev–Trinajstić information content (AvgIpc) is 2.28. The van der Waals surface area contributed by atoms with Crippen molar-refractivity contribution in [2.75, 3.05) is 0 Å². The average molecular weight is 185 g/mol. The second-order valence-corrected chi connectivity index (χ2v) is 3.79. The van der Waals surface area contributed by atoms with Gasteiger partial charge < -0.3 is 0 Å². The van der Waals surface area contributed by atoms with Crippen molar-refractivity contribution in [3.8, 4) is 17.9 Å². The van der Waals surface area contributed by atoms with E-state index in [1.807, 2.05) is 18.2 Å². The molecule has 1 heteroatoms. The molecule has 0 amide bonds. The minimum absolute atomic E-state index is 0.251. The van der Waals surface area contributed by atoms with Crippen molar-refractivity contribution in [2.45, 2.75) is 20.3 Å². The Hall–Kier alpha value is -1.47. The normalized spacial score (nSPS) is 30.1. The van der Waals surface area contributed by atoms with Gasteiger partial charge in [-0.05, 0) is 12.3 Å². The van der Waals surface area contributed by atoms with Crippen LogP contribution in [0, 0.1) is 40.9 Å². The fourth-order valence-electron chi connectivity index (χ4n) is 1.30. The molecule has 1 aliphatic carbocycles. The highest BCUT2D eigenvalue weighted by Gasteiger charge is 2.09. The second kappa shape index (κ2) is 5.30. The van der Waals surface area contributed by atoms with E-state index in [9.17, 15) is 0 Å². The molecule has 0 N–H and O–H groups in total. The number of rotatable bonds is 1. The van der Waals surface area contributed by atoms with Gasteiger partial charge in [-0.25, -0.2) is 0 Å². The van der Waals surface area contributed by atoms with E-state index in [4.69, 9.17) is 5.26 Å². The molecule has 0 aromatic rings. The molecular formula is C13H15N. The van der Waals surface area contributed by atoms with Gasteiger partial charge in [-0.2, -0.15) is 5.26 Å². The summed E-state index contributed by atoms with van der Waals surface area (Å²) in [6.45, 7) is 4.33. The Kier molecular flexibility index (Phi) is 4.02. The highest BCUT2D eigenvalue weighted by atomic mass is 14.2. The van der Waals surface area contributed by atoms with E-state index < -0.39 is 0 Å². The third-order valence-corrected chi connectivity index (χ3v) is 2.31. The van der Waals surface area contributed by atoms with Crippen LogP contribution in [0.2, 0.25) is 0 Å². The first kappa shape index (κ1) is 10.6. The fraction of sp³-hybridized carbons (Fsp3) is 0.462. The number of nitrogens with zero attached hydrogens (tertiary/aromatic N) is 1. The lowest BCUT2D eigenvalue weighted by Crippen LogP contribution is -2.05.